The zero-order chi connectivity index (χ0) is 41.0. The van der Waals surface area contributed by atoms with Gasteiger partial charge < -0.3 is 19.1 Å². The molecule has 7 heteroatoms. The molecule has 0 bridgehead atoms. The molecule has 0 unspecified atom stereocenters. The monoisotopic (exact) mass is 790 g/mol. The summed E-state index contributed by atoms with van der Waals surface area (Å²) < 4.78 is 16.7. The number of nitrogens with zero attached hydrogens (tertiary/aromatic N) is 1. The normalized spacial score (nSPS) is 12.2. The van der Waals surface area contributed by atoms with Crippen molar-refractivity contribution in [1.29, 1.82) is 0 Å². The Kier molecular flexibility index (Phi) is 42.3. The number of hydrogen-bond donors (Lipinski definition) is 0. The Morgan fingerprint density at radius 3 is 1.20 bits per heavy atom. The molecule has 0 aromatic heterocycles. The number of carbonyl (C=O) groups is 3. The first kappa shape index (κ1) is 53.9. The second kappa shape index (κ2) is 44.0. The third kappa shape index (κ3) is 43.0. The molecule has 0 atom stereocenters. The molecule has 328 valence electrons. The molecule has 0 aromatic carbocycles. The van der Waals surface area contributed by atoms with Crippen LogP contribution >= 0.6 is 0 Å². The van der Waals surface area contributed by atoms with Crippen molar-refractivity contribution in [3.63, 3.8) is 0 Å². The molecule has 0 aliphatic carbocycles. The topological polar surface area (TPSA) is 82.1 Å². The third-order valence-electron chi connectivity index (χ3n) is 10.6. The van der Waals surface area contributed by atoms with E-state index in [1.807, 2.05) is 26.2 Å². The fraction of sp³-hybridized carbons (Fsp3) is 0.857. The quantitative estimate of drug-likeness (QED) is 0.0263. The Balaban J connectivity index is 3.99. The summed E-state index contributed by atoms with van der Waals surface area (Å²) in [7, 11) is 4.07. The summed E-state index contributed by atoms with van der Waals surface area (Å²) >= 11 is 0. The first-order chi connectivity index (χ1) is 27.4. The molecular formula is C49H91NO6. The van der Waals surface area contributed by atoms with Gasteiger partial charge in [0.05, 0.1) is 0 Å². The molecule has 0 aromatic rings. The molecule has 0 aliphatic heterocycles. The lowest BCUT2D eigenvalue weighted by Crippen LogP contribution is -2.20. The van der Waals surface area contributed by atoms with Crippen LogP contribution in [0.1, 0.15) is 232 Å². The number of carbonyl (C=O) groups excluding carboxylic acids is 3. The van der Waals surface area contributed by atoms with Crippen molar-refractivity contribution in [3.8, 4) is 0 Å². The van der Waals surface area contributed by atoms with Crippen molar-refractivity contribution in [1.82, 2.24) is 4.90 Å². The van der Waals surface area contributed by atoms with E-state index in [1.54, 1.807) is 0 Å². The van der Waals surface area contributed by atoms with Crippen LogP contribution in [0.2, 0.25) is 0 Å². The van der Waals surface area contributed by atoms with Crippen molar-refractivity contribution in [3.05, 3.63) is 24.3 Å². The van der Waals surface area contributed by atoms with E-state index in [-0.39, 0.29) is 24.0 Å². The summed E-state index contributed by atoms with van der Waals surface area (Å²) in [5.41, 5.74) is 0. The summed E-state index contributed by atoms with van der Waals surface area (Å²) in [6.45, 7) is 6.19. The smallest absolute Gasteiger partial charge is 0.306 e. The first-order valence-corrected chi connectivity index (χ1v) is 23.8. The van der Waals surface area contributed by atoms with Gasteiger partial charge in [-0.2, -0.15) is 0 Å². The molecular weight excluding hydrogens is 699 g/mol. The van der Waals surface area contributed by atoms with Gasteiger partial charge in [0.2, 0.25) is 0 Å². The second-order valence-electron chi connectivity index (χ2n) is 16.5. The van der Waals surface area contributed by atoms with Gasteiger partial charge in [-0.3, -0.25) is 14.4 Å². The molecule has 0 amide bonds. The minimum Gasteiger partial charge on any atom is -0.462 e. The van der Waals surface area contributed by atoms with E-state index in [4.69, 9.17) is 14.2 Å². The van der Waals surface area contributed by atoms with Crippen LogP contribution in [0, 0.1) is 0 Å². The van der Waals surface area contributed by atoms with Crippen LogP contribution in [0.15, 0.2) is 24.3 Å². The SMILES string of the molecule is CCCCCCCCC=CCOC(=O)CCCCCCCCCC(CCCCCCCCCC(=O)OCC=CCCCCCCCC)OC(=O)CCCN(C)C. The van der Waals surface area contributed by atoms with Gasteiger partial charge in [0.15, 0.2) is 0 Å². The van der Waals surface area contributed by atoms with E-state index in [0.717, 1.165) is 103 Å². The predicted octanol–water partition coefficient (Wildman–Crippen LogP) is 14.0. The summed E-state index contributed by atoms with van der Waals surface area (Å²) in [6.07, 6.45) is 45.8. The summed E-state index contributed by atoms with van der Waals surface area (Å²) in [5, 5.41) is 0. The zero-order valence-corrected chi connectivity index (χ0v) is 37.4. The van der Waals surface area contributed by atoms with Gasteiger partial charge in [-0.15, -0.1) is 0 Å². The minimum atomic E-state index is -0.0804. The van der Waals surface area contributed by atoms with E-state index < -0.39 is 0 Å². The number of hydrogen-bond acceptors (Lipinski definition) is 7. The van der Waals surface area contributed by atoms with Gasteiger partial charge in [0.1, 0.15) is 19.3 Å². The highest BCUT2D eigenvalue weighted by Gasteiger charge is 2.14. The maximum atomic E-state index is 12.6. The lowest BCUT2D eigenvalue weighted by atomic mass is 10.0. The fourth-order valence-corrected chi connectivity index (χ4v) is 6.98. The highest BCUT2D eigenvalue weighted by atomic mass is 16.5. The standard InChI is InChI=1S/C49H91NO6/c1-5-7-9-11-13-15-23-29-35-44-54-47(51)40-33-27-21-17-19-25-31-38-46(56-49(53)42-37-43-50(3)4)39-32-26-20-18-22-28-34-41-48(52)55-45-36-30-24-16-14-12-10-8-6-2/h29-30,35-36,46H,5-28,31-34,37-45H2,1-4H3. The Morgan fingerprint density at radius 2 is 0.786 bits per heavy atom. The Bertz CT molecular complexity index is 872. The molecule has 0 spiro atoms. The lowest BCUT2D eigenvalue weighted by molar-refractivity contribution is -0.150. The van der Waals surface area contributed by atoms with Crippen LogP contribution in [0.5, 0.6) is 0 Å². The van der Waals surface area contributed by atoms with Crippen LogP contribution in [0.3, 0.4) is 0 Å². The molecule has 0 N–H and O–H groups in total. The number of unbranched alkanes of at least 4 members (excludes halogenated alkanes) is 24. The van der Waals surface area contributed by atoms with E-state index >= 15 is 0 Å². The van der Waals surface area contributed by atoms with E-state index in [1.165, 1.54) is 103 Å². The molecule has 0 rings (SSSR count). The molecule has 0 aliphatic rings. The van der Waals surface area contributed by atoms with Gasteiger partial charge in [-0.25, -0.2) is 0 Å². The maximum absolute atomic E-state index is 12.6. The molecule has 0 fully saturated rings. The van der Waals surface area contributed by atoms with Crippen LogP contribution in [-0.2, 0) is 28.6 Å². The summed E-state index contributed by atoms with van der Waals surface area (Å²) in [6, 6.07) is 0. The summed E-state index contributed by atoms with van der Waals surface area (Å²) in [4.78, 5) is 38.8. The van der Waals surface area contributed by atoms with Crippen LogP contribution in [-0.4, -0.2) is 62.8 Å². The van der Waals surface area contributed by atoms with E-state index in [0.29, 0.717) is 32.5 Å². The Hall–Kier alpha value is -2.15. The number of esters is 3. The number of ether oxygens (including phenoxy) is 3. The van der Waals surface area contributed by atoms with E-state index in [9.17, 15) is 14.4 Å². The second-order valence-corrected chi connectivity index (χ2v) is 16.5. The van der Waals surface area contributed by atoms with Gasteiger partial charge in [-0.1, -0.05) is 167 Å². The molecule has 0 heterocycles. The van der Waals surface area contributed by atoms with Crippen molar-refractivity contribution < 1.29 is 28.6 Å². The Morgan fingerprint density at radius 1 is 0.429 bits per heavy atom. The third-order valence-corrected chi connectivity index (χ3v) is 10.6. The van der Waals surface area contributed by atoms with Gasteiger partial charge >= 0.3 is 17.9 Å². The number of rotatable bonds is 43. The first-order valence-electron chi connectivity index (χ1n) is 23.8. The molecule has 56 heavy (non-hydrogen) atoms. The van der Waals surface area contributed by atoms with Crippen molar-refractivity contribution in [2.45, 2.75) is 238 Å². The molecule has 0 radical (unpaired) electrons. The molecule has 0 saturated carbocycles. The maximum Gasteiger partial charge on any atom is 0.306 e. The Labute approximate surface area is 346 Å². The van der Waals surface area contributed by atoms with Gasteiger partial charge in [0.25, 0.3) is 0 Å². The average molecular weight is 790 g/mol. The van der Waals surface area contributed by atoms with Crippen molar-refractivity contribution in [2.24, 2.45) is 0 Å². The highest BCUT2D eigenvalue weighted by molar-refractivity contribution is 5.70. The molecule has 0 saturated heterocycles. The van der Waals surface area contributed by atoms with Gasteiger partial charge in [0, 0.05) is 19.3 Å². The van der Waals surface area contributed by atoms with Crippen LogP contribution in [0.4, 0.5) is 0 Å². The lowest BCUT2D eigenvalue weighted by Gasteiger charge is -2.18. The molecule has 7 nitrogen and oxygen atoms in total. The fourth-order valence-electron chi connectivity index (χ4n) is 6.98. The van der Waals surface area contributed by atoms with E-state index in [2.05, 4.69) is 30.9 Å². The zero-order valence-electron chi connectivity index (χ0n) is 37.4. The minimum absolute atomic E-state index is 0.0228. The average Bonchev–Trinajstić information content (AvgIpc) is 3.17. The number of allylic oxidation sites excluding steroid dienone is 2. The van der Waals surface area contributed by atoms with Crippen molar-refractivity contribution in [2.75, 3.05) is 33.9 Å². The van der Waals surface area contributed by atoms with Crippen LogP contribution in [0.25, 0.3) is 0 Å². The largest absolute Gasteiger partial charge is 0.462 e. The van der Waals surface area contributed by atoms with Crippen molar-refractivity contribution >= 4 is 17.9 Å². The highest BCUT2D eigenvalue weighted by Crippen LogP contribution is 2.19. The van der Waals surface area contributed by atoms with Crippen LogP contribution < -0.4 is 0 Å². The predicted molar refractivity (Wildman–Crippen MR) is 237 cm³/mol. The summed E-state index contributed by atoms with van der Waals surface area (Å²) in [5.74, 6) is -0.214. The van der Waals surface area contributed by atoms with Gasteiger partial charge in [-0.05, 0) is 91.3 Å².